The first-order chi connectivity index (χ1) is 12.2. The molecule has 2 heterocycles. The highest BCUT2D eigenvalue weighted by molar-refractivity contribution is 7.21. The summed E-state index contributed by atoms with van der Waals surface area (Å²) < 4.78 is 1.15. The molecule has 0 unspecified atom stereocenters. The van der Waals surface area contributed by atoms with Crippen molar-refractivity contribution in [1.29, 1.82) is 0 Å². The molecule has 1 saturated heterocycles. The zero-order valence-electron chi connectivity index (χ0n) is 14.0. The molecule has 1 fully saturated rings. The Labute approximate surface area is 161 Å². The number of carbonyl (C=O) groups is 1. The molecule has 2 atom stereocenters. The Bertz CT molecular complexity index is 864. The van der Waals surface area contributed by atoms with Gasteiger partial charge in [-0.3, -0.25) is 4.79 Å². The van der Waals surface area contributed by atoms with Gasteiger partial charge in [0, 0.05) is 17.7 Å². The first-order valence-corrected chi connectivity index (χ1v) is 9.18. The maximum absolute atomic E-state index is 12.4. The third-order valence-electron chi connectivity index (χ3n) is 4.45. The van der Waals surface area contributed by atoms with E-state index in [0.717, 1.165) is 33.8 Å². The average Bonchev–Trinajstić information content (AvgIpc) is 3.08. The lowest BCUT2D eigenvalue weighted by Crippen LogP contribution is -2.52. The summed E-state index contributed by atoms with van der Waals surface area (Å²) >= 11 is 1.64. The predicted molar refractivity (Wildman–Crippen MR) is 107 cm³/mol. The van der Waals surface area contributed by atoms with E-state index in [-0.39, 0.29) is 24.4 Å². The molecule has 3 aromatic rings. The highest BCUT2D eigenvalue weighted by atomic mass is 35.5. The van der Waals surface area contributed by atoms with Crippen LogP contribution in [0.5, 0.6) is 0 Å². The van der Waals surface area contributed by atoms with Crippen LogP contribution < -0.4 is 10.6 Å². The van der Waals surface area contributed by atoms with Crippen molar-refractivity contribution in [3.63, 3.8) is 0 Å². The number of piperidine rings is 1. The molecule has 0 saturated carbocycles. The number of hydrogen-bond acceptors (Lipinski definition) is 5. The number of aliphatic hydroxyl groups excluding tert-OH is 1. The van der Waals surface area contributed by atoms with Crippen molar-refractivity contribution in [3.05, 3.63) is 54.1 Å². The number of hydrogen-bond donors (Lipinski definition) is 3. The number of rotatable bonds is 3. The van der Waals surface area contributed by atoms with Crippen molar-refractivity contribution in [2.45, 2.75) is 18.6 Å². The van der Waals surface area contributed by atoms with Gasteiger partial charge >= 0.3 is 0 Å². The van der Waals surface area contributed by atoms with Crippen molar-refractivity contribution in [1.82, 2.24) is 15.6 Å². The molecule has 0 aliphatic carbocycles. The fraction of sp³-hybridized carbons (Fsp3) is 0.263. The van der Waals surface area contributed by atoms with Crippen LogP contribution in [-0.4, -0.2) is 41.2 Å². The van der Waals surface area contributed by atoms with Gasteiger partial charge in [-0.15, -0.1) is 23.7 Å². The van der Waals surface area contributed by atoms with Crippen molar-refractivity contribution in [2.24, 2.45) is 0 Å². The SMILES string of the molecule is Cl.O=C(N[C@@H]1CCNC[C@H]1O)c1ccc(-c2nc3ccccc3s2)cc1. The molecule has 0 bridgehead atoms. The third-order valence-corrected chi connectivity index (χ3v) is 5.54. The predicted octanol–water partition coefficient (Wildman–Crippen LogP) is 2.84. The highest BCUT2D eigenvalue weighted by Crippen LogP contribution is 2.30. The molecule has 1 aliphatic heterocycles. The number of halogens is 1. The van der Waals surface area contributed by atoms with Gasteiger partial charge in [-0.05, 0) is 37.2 Å². The minimum absolute atomic E-state index is 0. The van der Waals surface area contributed by atoms with E-state index in [9.17, 15) is 9.90 Å². The number of carbonyl (C=O) groups excluding carboxylic acids is 1. The maximum atomic E-state index is 12.4. The van der Waals surface area contributed by atoms with Gasteiger partial charge in [0.05, 0.1) is 22.4 Å². The van der Waals surface area contributed by atoms with Gasteiger partial charge in [-0.25, -0.2) is 4.98 Å². The fourth-order valence-electron chi connectivity index (χ4n) is 3.02. The first-order valence-electron chi connectivity index (χ1n) is 8.36. The van der Waals surface area contributed by atoms with E-state index in [0.29, 0.717) is 12.1 Å². The molecular formula is C19H20ClN3O2S. The number of para-hydroxylation sites is 1. The zero-order chi connectivity index (χ0) is 17.2. The fourth-order valence-corrected chi connectivity index (χ4v) is 3.99. The van der Waals surface area contributed by atoms with Crippen molar-refractivity contribution in [3.8, 4) is 10.6 Å². The largest absolute Gasteiger partial charge is 0.390 e. The molecule has 5 nitrogen and oxygen atoms in total. The van der Waals surface area contributed by atoms with Crippen LogP contribution in [0.15, 0.2) is 48.5 Å². The van der Waals surface area contributed by atoms with Crippen LogP contribution in [0, 0.1) is 0 Å². The number of thiazole rings is 1. The Morgan fingerprint density at radius 3 is 2.69 bits per heavy atom. The van der Waals surface area contributed by atoms with Gasteiger partial charge in [-0.2, -0.15) is 0 Å². The van der Waals surface area contributed by atoms with E-state index in [4.69, 9.17) is 0 Å². The Hall–Kier alpha value is -1.99. The van der Waals surface area contributed by atoms with Crippen molar-refractivity contribution < 1.29 is 9.90 Å². The Morgan fingerprint density at radius 2 is 1.96 bits per heavy atom. The lowest BCUT2D eigenvalue weighted by molar-refractivity contribution is 0.0765. The van der Waals surface area contributed by atoms with Crippen LogP contribution in [-0.2, 0) is 0 Å². The number of nitrogens with one attached hydrogen (secondary N) is 2. The second-order valence-corrected chi connectivity index (χ2v) is 7.23. The van der Waals surface area contributed by atoms with E-state index >= 15 is 0 Å². The van der Waals surface area contributed by atoms with Crippen LogP contribution >= 0.6 is 23.7 Å². The minimum Gasteiger partial charge on any atom is -0.390 e. The van der Waals surface area contributed by atoms with Crippen LogP contribution in [0.1, 0.15) is 16.8 Å². The standard InChI is InChI=1S/C19H19N3O2S.ClH/c23-16-11-20-10-9-14(16)21-18(24)12-5-7-13(8-6-12)19-22-15-3-1-2-4-17(15)25-19;/h1-8,14,16,20,23H,9-11H2,(H,21,24);1H/t14-,16-;/m1./s1. The van der Waals surface area contributed by atoms with Gasteiger partial charge in [0.15, 0.2) is 0 Å². The lowest BCUT2D eigenvalue weighted by Gasteiger charge is -2.29. The first kappa shape index (κ1) is 18.8. The van der Waals surface area contributed by atoms with Crippen molar-refractivity contribution >= 4 is 39.9 Å². The lowest BCUT2D eigenvalue weighted by atomic mass is 10.0. The second kappa shape index (κ2) is 8.14. The summed E-state index contributed by atoms with van der Waals surface area (Å²) in [7, 11) is 0. The highest BCUT2D eigenvalue weighted by Gasteiger charge is 2.24. The Morgan fingerprint density at radius 1 is 1.19 bits per heavy atom. The molecule has 0 spiro atoms. The molecule has 7 heteroatoms. The molecule has 1 aromatic heterocycles. The quantitative estimate of drug-likeness (QED) is 0.644. The van der Waals surface area contributed by atoms with Crippen LogP contribution in [0.25, 0.3) is 20.8 Å². The van der Waals surface area contributed by atoms with Crippen LogP contribution in [0.3, 0.4) is 0 Å². The molecule has 0 radical (unpaired) electrons. The third kappa shape index (κ3) is 3.88. The van der Waals surface area contributed by atoms with Crippen molar-refractivity contribution in [2.75, 3.05) is 13.1 Å². The summed E-state index contributed by atoms with van der Waals surface area (Å²) in [5, 5.41) is 16.9. The van der Waals surface area contributed by atoms with Gasteiger partial charge < -0.3 is 15.7 Å². The zero-order valence-corrected chi connectivity index (χ0v) is 15.6. The van der Waals surface area contributed by atoms with E-state index in [1.54, 1.807) is 11.3 Å². The summed E-state index contributed by atoms with van der Waals surface area (Å²) in [6.07, 6.45) is 0.191. The monoisotopic (exact) mass is 389 g/mol. The molecular weight excluding hydrogens is 370 g/mol. The number of benzene rings is 2. The van der Waals surface area contributed by atoms with Gasteiger partial charge in [0.2, 0.25) is 0 Å². The smallest absolute Gasteiger partial charge is 0.251 e. The summed E-state index contributed by atoms with van der Waals surface area (Å²) in [5.74, 6) is -0.151. The summed E-state index contributed by atoms with van der Waals surface area (Å²) in [6, 6.07) is 15.3. The summed E-state index contributed by atoms with van der Waals surface area (Å²) in [4.78, 5) is 17.0. The van der Waals surface area contributed by atoms with E-state index in [1.807, 2.05) is 42.5 Å². The number of aromatic nitrogens is 1. The van der Waals surface area contributed by atoms with Crippen LogP contribution in [0.2, 0.25) is 0 Å². The van der Waals surface area contributed by atoms with Gasteiger partial charge in [0.25, 0.3) is 5.91 Å². The number of amides is 1. The Balaban J connectivity index is 0.00000196. The number of nitrogens with zero attached hydrogens (tertiary/aromatic N) is 1. The summed E-state index contributed by atoms with van der Waals surface area (Å²) in [6.45, 7) is 1.32. The van der Waals surface area contributed by atoms with E-state index in [2.05, 4.69) is 21.7 Å². The van der Waals surface area contributed by atoms with Crippen LogP contribution in [0.4, 0.5) is 0 Å². The molecule has 3 N–H and O–H groups in total. The normalized spacial score (nSPS) is 19.7. The number of aliphatic hydroxyl groups is 1. The number of fused-ring (bicyclic) bond motifs is 1. The van der Waals surface area contributed by atoms with E-state index < -0.39 is 6.10 Å². The molecule has 1 amide bonds. The summed E-state index contributed by atoms with van der Waals surface area (Å²) in [5.41, 5.74) is 2.58. The van der Waals surface area contributed by atoms with Gasteiger partial charge in [0.1, 0.15) is 5.01 Å². The molecule has 4 rings (SSSR count). The average molecular weight is 390 g/mol. The number of β-amino-alcohol motifs (C(OH)–C–C–N with tert-alkyl or cyclic N) is 1. The molecule has 1 aliphatic rings. The Kier molecular flexibility index (Phi) is 5.88. The van der Waals surface area contributed by atoms with E-state index in [1.165, 1.54) is 0 Å². The minimum atomic E-state index is -0.542. The topological polar surface area (TPSA) is 74.2 Å². The second-order valence-electron chi connectivity index (χ2n) is 6.20. The molecule has 2 aromatic carbocycles. The van der Waals surface area contributed by atoms with Gasteiger partial charge in [-0.1, -0.05) is 24.3 Å². The molecule has 26 heavy (non-hydrogen) atoms. The molecule has 136 valence electrons. The maximum Gasteiger partial charge on any atom is 0.251 e.